The van der Waals surface area contributed by atoms with Gasteiger partial charge in [0.05, 0.1) is 26.4 Å². The Hall–Kier alpha value is -2.77. The zero-order chi connectivity index (χ0) is 17.4. The van der Waals surface area contributed by atoms with Gasteiger partial charge in [0, 0.05) is 13.0 Å². The molecule has 23 heavy (non-hydrogen) atoms. The Morgan fingerprint density at radius 1 is 1.04 bits per heavy atom. The molecule has 126 valence electrons. The first-order chi connectivity index (χ1) is 11.0. The number of rotatable bonds is 7. The first-order valence-corrected chi connectivity index (χ1v) is 6.71. The maximum absolute atomic E-state index is 12.1. The smallest absolute Gasteiger partial charge is 0.361 e. The van der Waals surface area contributed by atoms with Crippen molar-refractivity contribution >= 4 is 17.7 Å². The van der Waals surface area contributed by atoms with Crippen LogP contribution in [-0.4, -0.2) is 45.6 Å². The second kappa shape index (κ2) is 8.62. The maximum Gasteiger partial charge on any atom is 0.361 e. The van der Waals surface area contributed by atoms with Gasteiger partial charge in [-0.1, -0.05) is 5.16 Å². The number of methoxy groups -OCH3 is 2. The summed E-state index contributed by atoms with van der Waals surface area (Å²) in [6.45, 7) is 3.04. The van der Waals surface area contributed by atoms with Crippen molar-refractivity contribution in [1.29, 1.82) is 0 Å². The van der Waals surface area contributed by atoms with Crippen LogP contribution in [0.3, 0.4) is 0 Å². The highest BCUT2D eigenvalue weighted by Crippen LogP contribution is 2.35. The molecule has 0 atom stereocenters. The molecule has 8 heteroatoms. The summed E-state index contributed by atoms with van der Waals surface area (Å²) in [5.41, 5.74) is 0.0182. The molecule has 1 rings (SSSR count). The minimum Gasteiger partial charge on any atom is -0.493 e. The van der Waals surface area contributed by atoms with Gasteiger partial charge >= 0.3 is 11.9 Å². The van der Waals surface area contributed by atoms with Gasteiger partial charge in [-0.2, -0.15) is 0 Å². The van der Waals surface area contributed by atoms with Gasteiger partial charge in [-0.25, -0.2) is 4.79 Å². The Bertz CT molecular complexity index is 610. The standard InChI is InChI=1S/C15H19NO7/c1-6-22-15(18)14(16-21-5)10-7-12(19-3)13(20-4)8-11(10)23-9(2)17/h7-8H,6H2,1-5H3/b16-14-. The Morgan fingerprint density at radius 3 is 2.13 bits per heavy atom. The fourth-order valence-electron chi connectivity index (χ4n) is 1.77. The highest BCUT2D eigenvalue weighted by Gasteiger charge is 2.24. The van der Waals surface area contributed by atoms with Crippen LogP contribution in [-0.2, 0) is 19.2 Å². The van der Waals surface area contributed by atoms with Gasteiger partial charge in [0.25, 0.3) is 0 Å². The molecule has 0 saturated heterocycles. The summed E-state index contributed by atoms with van der Waals surface area (Å²) in [6, 6.07) is 2.87. The maximum atomic E-state index is 12.1. The summed E-state index contributed by atoms with van der Waals surface area (Å²) >= 11 is 0. The number of carbonyl (C=O) groups is 2. The zero-order valence-electron chi connectivity index (χ0n) is 13.7. The lowest BCUT2D eigenvalue weighted by Crippen LogP contribution is -2.21. The van der Waals surface area contributed by atoms with E-state index in [4.69, 9.17) is 23.8 Å². The van der Waals surface area contributed by atoms with Crippen molar-refractivity contribution in [3.05, 3.63) is 17.7 Å². The third kappa shape index (κ3) is 4.60. The number of oxime groups is 1. The van der Waals surface area contributed by atoms with Crippen LogP contribution in [0.4, 0.5) is 0 Å². The van der Waals surface area contributed by atoms with Crippen molar-refractivity contribution in [3.8, 4) is 17.2 Å². The summed E-state index contributed by atoms with van der Waals surface area (Å²) in [5.74, 6) is -0.576. The molecule has 0 amide bonds. The van der Waals surface area contributed by atoms with Gasteiger partial charge in [-0.15, -0.1) is 0 Å². The van der Waals surface area contributed by atoms with Crippen molar-refractivity contribution in [2.75, 3.05) is 27.9 Å². The van der Waals surface area contributed by atoms with Gasteiger partial charge < -0.3 is 23.8 Å². The van der Waals surface area contributed by atoms with Crippen LogP contribution in [0.2, 0.25) is 0 Å². The topological polar surface area (TPSA) is 92.7 Å². The van der Waals surface area contributed by atoms with E-state index >= 15 is 0 Å². The molecule has 0 N–H and O–H groups in total. The van der Waals surface area contributed by atoms with Crippen LogP contribution < -0.4 is 14.2 Å². The van der Waals surface area contributed by atoms with E-state index in [9.17, 15) is 9.59 Å². The molecule has 0 spiro atoms. The minimum absolute atomic E-state index is 0.0685. The van der Waals surface area contributed by atoms with E-state index in [1.165, 1.54) is 40.4 Å². The number of benzene rings is 1. The van der Waals surface area contributed by atoms with Crippen molar-refractivity contribution < 1.29 is 33.4 Å². The molecular formula is C15H19NO7. The van der Waals surface area contributed by atoms with E-state index in [0.29, 0.717) is 11.5 Å². The molecular weight excluding hydrogens is 306 g/mol. The van der Waals surface area contributed by atoms with Crippen LogP contribution in [0.15, 0.2) is 17.3 Å². The largest absolute Gasteiger partial charge is 0.493 e. The quantitative estimate of drug-likeness (QED) is 0.325. The van der Waals surface area contributed by atoms with Crippen LogP contribution in [0.25, 0.3) is 0 Å². The number of nitrogens with zero attached hydrogens (tertiary/aromatic N) is 1. The van der Waals surface area contributed by atoms with Crippen LogP contribution in [0.1, 0.15) is 19.4 Å². The molecule has 0 aliphatic heterocycles. The van der Waals surface area contributed by atoms with Crippen molar-refractivity contribution in [2.45, 2.75) is 13.8 Å². The molecule has 0 saturated carbocycles. The summed E-state index contributed by atoms with van der Waals surface area (Å²) in [5, 5.41) is 3.67. The third-order valence-corrected chi connectivity index (χ3v) is 2.65. The Kier molecular flexibility index (Phi) is 6.85. The first-order valence-electron chi connectivity index (χ1n) is 6.71. The van der Waals surface area contributed by atoms with Crippen molar-refractivity contribution in [1.82, 2.24) is 0 Å². The second-order valence-corrected chi connectivity index (χ2v) is 4.14. The number of hydrogen-bond donors (Lipinski definition) is 0. The molecule has 8 nitrogen and oxygen atoms in total. The number of esters is 2. The van der Waals surface area contributed by atoms with E-state index in [2.05, 4.69) is 5.16 Å². The first kappa shape index (κ1) is 18.3. The molecule has 0 heterocycles. The number of carbonyl (C=O) groups excluding carboxylic acids is 2. The van der Waals surface area contributed by atoms with E-state index < -0.39 is 11.9 Å². The lowest BCUT2D eigenvalue weighted by atomic mass is 10.1. The molecule has 0 unspecified atom stereocenters. The fraction of sp³-hybridized carbons (Fsp3) is 0.400. The fourth-order valence-corrected chi connectivity index (χ4v) is 1.77. The Balaban J connectivity index is 3.52. The average Bonchev–Trinajstić information content (AvgIpc) is 2.52. The third-order valence-electron chi connectivity index (χ3n) is 2.65. The highest BCUT2D eigenvalue weighted by molar-refractivity contribution is 6.44. The molecule has 0 aromatic heterocycles. The van der Waals surface area contributed by atoms with Crippen molar-refractivity contribution in [2.24, 2.45) is 5.16 Å². The molecule has 0 fully saturated rings. The minimum atomic E-state index is -0.727. The van der Waals surface area contributed by atoms with Crippen LogP contribution in [0, 0.1) is 0 Å². The van der Waals surface area contributed by atoms with E-state index in [1.807, 2.05) is 0 Å². The Morgan fingerprint density at radius 2 is 1.65 bits per heavy atom. The lowest BCUT2D eigenvalue weighted by molar-refractivity contribution is -0.135. The second-order valence-electron chi connectivity index (χ2n) is 4.14. The number of hydrogen-bond acceptors (Lipinski definition) is 8. The normalized spacial score (nSPS) is 10.7. The molecule has 0 bridgehead atoms. The van der Waals surface area contributed by atoms with Gasteiger partial charge in [0.15, 0.2) is 17.2 Å². The van der Waals surface area contributed by atoms with E-state index in [1.54, 1.807) is 6.92 Å². The van der Waals surface area contributed by atoms with E-state index in [0.717, 1.165) is 0 Å². The predicted octanol–water partition coefficient (Wildman–Crippen LogP) is 1.54. The highest BCUT2D eigenvalue weighted by atomic mass is 16.6. The molecule has 1 aromatic carbocycles. The van der Waals surface area contributed by atoms with Crippen LogP contribution >= 0.6 is 0 Å². The van der Waals surface area contributed by atoms with Gasteiger partial charge in [-0.3, -0.25) is 4.79 Å². The summed E-state index contributed by atoms with van der Waals surface area (Å²) in [7, 11) is 4.15. The summed E-state index contributed by atoms with van der Waals surface area (Å²) in [6.07, 6.45) is 0. The number of ether oxygens (including phenoxy) is 4. The molecule has 0 aliphatic rings. The van der Waals surface area contributed by atoms with Crippen LogP contribution in [0.5, 0.6) is 17.2 Å². The predicted molar refractivity (Wildman–Crippen MR) is 81.0 cm³/mol. The average molecular weight is 325 g/mol. The summed E-state index contributed by atoms with van der Waals surface area (Å²) < 4.78 is 20.4. The summed E-state index contributed by atoms with van der Waals surface area (Å²) in [4.78, 5) is 28.1. The monoisotopic (exact) mass is 325 g/mol. The lowest BCUT2D eigenvalue weighted by Gasteiger charge is -2.14. The molecule has 1 aromatic rings. The Labute approximate surface area is 133 Å². The molecule has 0 radical (unpaired) electrons. The van der Waals surface area contributed by atoms with Gasteiger partial charge in [0.2, 0.25) is 0 Å². The van der Waals surface area contributed by atoms with Gasteiger partial charge in [-0.05, 0) is 13.0 Å². The van der Waals surface area contributed by atoms with Gasteiger partial charge in [0.1, 0.15) is 12.9 Å². The SMILES string of the molecule is CCOC(=O)/C(=N\OC)c1cc(OC)c(OC)cc1OC(C)=O. The zero-order valence-corrected chi connectivity index (χ0v) is 13.7. The van der Waals surface area contributed by atoms with Crippen molar-refractivity contribution in [3.63, 3.8) is 0 Å². The van der Waals surface area contributed by atoms with E-state index in [-0.39, 0.29) is 23.6 Å². The molecule has 0 aliphatic carbocycles.